The molecule has 3 amide bonds. The van der Waals surface area contributed by atoms with Crippen LogP contribution in [0.5, 0.6) is 0 Å². The van der Waals surface area contributed by atoms with Crippen molar-refractivity contribution in [3.8, 4) is 0 Å². The quantitative estimate of drug-likeness (QED) is 0.154. The van der Waals surface area contributed by atoms with Crippen molar-refractivity contribution >= 4 is 49.3 Å². The van der Waals surface area contributed by atoms with Crippen LogP contribution in [0.15, 0.2) is 109 Å². The lowest BCUT2D eigenvalue weighted by Gasteiger charge is -2.33. The van der Waals surface area contributed by atoms with Gasteiger partial charge in [0.25, 0.3) is 5.91 Å². The Bertz CT molecular complexity index is 1770. The SMILES string of the molecule is C[C@@H]1[C@@H]([Si](C)(C)O)[C@H](CC(=O)N(CCO)Cc2ccccc2)O[C@@]12C(=O)N(c1ccccc1)c1ccc(N(C=O)c3ccccc3)cc12. The first-order valence-electron chi connectivity index (χ1n) is 16.3. The third-order valence-electron chi connectivity index (χ3n) is 9.62. The monoisotopic (exact) mass is 663 g/mol. The molecule has 248 valence electrons. The number of ether oxygens (including phenoxy) is 1. The van der Waals surface area contributed by atoms with E-state index in [-0.39, 0.29) is 31.4 Å². The normalized spacial score (nSPS) is 21.7. The van der Waals surface area contributed by atoms with Gasteiger partial charge >= 0.3 is 0 Å². The molecule has 4 aromatic carbocycles. The largest absolute Gasteiger partial charge is 0.432 e. The van der Waals surface area contributed by atoms with Gasteiger partial charge in [0.15, 0.2) is 13.9 Å². The van der Waals surface area contributed by atoms with Crippen LogP contribution in [-0.4, -0.2) is 60.6 Å². The number of aliphatic hydroxyl groups excluding tert-OH is 1. The van der Waals surface area contributed by atoms with E-state index in [9.17, 15) is 24.3 Å². The Morgan fingerprint density at radius 1 is 0.938 bits per heavy atom. The zero-order chi connectivity index (χ0) is 34.1. The van der Waals surface area contributed by atoms with Crippen molar-refractivity contribution in [1.82, 2.24) is 4.90 Å². The number of benzene rings is 4. The molecule has 2 N–H and O–H groups in total. The maximum absolute atomic E-state index is 14.9. The predicted octanol–water partition coefficient (Wildman–Crippen LogP) is 5.87. The van der Waals surface area contributed by atoms with Crippen LogP contribution in [0.25, 0.3) is 0 Å². The first-order valence-corrected chi connectivity index (χ1v) is 19.3. The highest BCUT2D eigenvalue weighted by atomic mass is 28.4. The molecule has 0 aliphatic carbocycles. The number of rotatable bonds is 11. The van der Waals surface area contributed by atoms with Gasteiger partial charge in [-0.05, 0) is 61.1 Å². The van der Waals surface area contributed by atoms with Gasteiger partial charge < -0.3 is 19.5 Å². The second kappa shape index (κ2) is 13.5. The van der Waals surface area contributed by atoms with Crippen molar-refractivity contribution in [2.75, 3.05) is 23.0 Å². The molecule has 0 unspecified atom stereocenters. The topological polar surface area (TPSA) is 111 Å². The minimum absolute atomic E-state index is 0.0707. The number of carbonyl (C=O) groups is 3. The van der Waals surface area contributed by atoms with Gasteiger partial charge in [-0.15, -0.1) is 0 Å². The van der Waals surface area contributed by atoms with Crippen molar-refractivity contribution in [1.29, 1.82) is 0 Å². The third-order valence-corrected chi connectivity index (χ3v) is 12.1. The summed E-state index contributed by atoms with van der Waals surface area (Å²) >= 11 is 0. The van der Waals surface area contributed by atoms with E-state index in [1.165, 1.54) is 4.90 Å². The first-order chi connectivity index (χ1) is 23.1. The third kappa shape index (κ3) is 5.96. The zero-order valence-electron chi connectivity index (χ0n) is 27.4. The number of hydrogen-bond donors (Lipinski definition) is 2. The molecule has 0 bridgehead atoms. The summed E-state index contributed by atoms with van der Waals surface area (Å²) in [5.41, 5.74) is 1.99. The van der Waals surface area contributed by atoms with Gasteiger partial charge in [-0.25, -0.2) is 0 Å². The summed E-state index contributed by atoms with van der Waals surface area (Å²) in [6, 6.07) is 33.6. The van der Waals surface area contributed by atoms with E-state index < -0.39 is 31.5 Å². The average molecular weight is 664 g/mol. The van der Waals surface area contributed by atoms with E-state index in [1.54, 1.807) is 9.80 Å². The molecular weight excluding hydrogens is 623 g/mol. The Labute approximate surface area is 282 Å². The summed E-state index contributed by atoms with van der Waals surface area (Å²) in [6.45, 7) is 5.81. The van der Waals surface area contributed by atoms with E-state index >= 15 is 0 Å². The van der Waals surface area contributed by atoms with Crippen LogP contribution in [0, 0.1) is 5.92 Å². The number of hydrogen-bond acceptors (Lipinski definition) is 6. The standard InChI is InChI=1S/C38H41N3O6Si/c1-27-36(48(2,3)46)34(24-35(44)39(21-22-42)25-28-13-7-4-8-14-28)47-38(27)32-23-31(40(26-43)29-15-9-5-10-16-29)19-20-33(32)41(37(38)45)30-17-11-6-12-18-30/h4-20,23,26-27,34,36,42,46H,21-22,24-25H2,1-3H3/t27-,34+,36-,38+/m1/s1. The number of para-hydroxylation sites is 2. The van der Waals surface area contributed by atoms with Gasteiger partial charge in [0.2, 0.25) is 12.3 Å². The van der Waals surface area contributed by atoms with Crippen LogP contribution in [0.3, 0.4) is 0 Å². The highest BCUT2D eigenvalue weighted by Crippen LogP contribution is 2.61. The van der Waals surface area contributed by atoms with Gasteiger partial charge in [0.05, 0.1) is 24.8 Å². The summed E-state index contributed by atoms with van der Waals surface area (Å²) in [7, 11) is -3.07. The van der Waals surface area contributed by atoms with E-state index in [2.05, 4.69) is 0 Å². The second-order valence-corrected chi connectivity index (χ2v) is 17.1. The van der Waals surface area contributed by atoms with E-state index in [0.717, 1.165) is 12.0 Å². The van der Waals surface area contributed by atoms with Crippen molar-refractivity contribution in [2.24, 2.45) is 5.92 Å². The fourth-order valence-corrected chi connectivity index (χ4v) is 10.1. The average Bonchev–Trinajstić information content (AvgIpc) is 3.52. The van der Waals surface area contributed by atoms with Crippen LogP contribution < -0.4 is 9.80 Å². The lowest BCUT2D eigenvalue weighted by Crippen LogP contribution is -2.45. The van der Waals surface area contributed by atoms with Gasteiger partial charge in [-0.3, -0.25) is 24.2 Å². The Morgan fingerprint density at radius 3 is 2.17 bits per heavy atom. The molecule has 1 saturated heterocycles. The van der Waals surface area contributed by atoms with Gasteiger partial charge in [0, 0.05) is 47.2 Å². The van der Waals surface area contributed by atoms with Crippen molar-refractivity contribution < 1.29 is 29.0 Å². The molecule has 2 aliphatic rings. The van der Waals surface area contributed by atoms with Gasteiger partial charge in [-0.1, -0.05) is 73.7 Å². The highest BCUT2D eigenvalue weighted by Gasteiger charge is 2.66. The molecule has 2 heterocycles. The fraction of sp³-hybridized carbons (Fsp3) is 0.289. The van der Waals surface area contributed by atoms with Crippen LogP contribution in [0.4, 0.5) is 22.7 Å². The number of amides is 3. The van der Waals surface area contributed by atoms with Crippen LogP contribution in [0.1, 0.15) is 24.5 Å². The molecule has 0 aromatic heterocycles. The minimum Gasteiger partial charge on any atom is -0.432 e. The lowest BCUT2D eigenvalue weighted by molar-refractivity contribution is -0.149. The molecule has 10 heteroatoms. The van der Waals surface area contributed by atoms with Gasteiger partial charge in [-0.2, -0.15) is 0 Å². The van der Waals surface area contributed by atoms with E-state index in [4.69, 9.17) is 4.74 Å². The Morgan fingerprint density at radius 2 is 1.56 bits per heavy atom. The molecule has 48 heavy (non-hydrogen) atoms. The summed E-state index contributed by atoms with van der Waals surface area (Å²) in [6.07, 6.45) is -0.104. The highest BCUT2D eigenvalue weighted by molar-refractivity contribution is 6.71. The summed E-state index contributed by atoms with van der Waals surface area (Å²) in [5, 5.41) is 9.83. The smallest absolute Gasteiger partial charge is 0.268 e. The molecule has 4 atom stereocenters. The maximum atomic E-state index is 14.9. The Hall–Kier alpha value is -4.61. The molecule has 2 aliphatic heterocycles. The summed E-state index contributed by atoms with van der Waals surface area (Å²) < 4.78 is 6.94. The number of fused-ring (bicyclic) bond motifs is 2. The second-order valence-electron chi connectivity index (χ2n) is 13.1. The summed E-state index contributed by atoms with van der Waals surface area (Å²) in [5.74, 6) is -1.06. The molecule has 1 spiro atoms. The molecule has 4 aromatic rings. The van der Waals surface area contributed by atoms with Crippen LogP contribution >= 0.6 is 0 Å². The predicted molar refractivity (Wildman–Crippen MR) is 187 cm³/mol. The van der Waals surface area contributed by atoms with Crippen molar-refractivity contribution in [3.05, 3.63) is 120 Å². The Balaban J connectivity index is 1.44. The Kier molecular flexibility index (Phi) is 9.35. The lowest BCUT2D eigenvalue weighted by atomic mass is 9.82. The number of nitrogens with zero attached hydrogens (tertiary/aromatic N) is 3. The molecule has 9 nitrogen and oxygen atoms in total. The van der Waals surface area contributed by atoms with Gasteiger partial charge in [0.1, 0.15) is 0 Å². The van der Waals surface area contributed by atoms with Crippen LogP contribution in [-0.2, 0) is 31.3 Å². The van der Waals surface area contributed by atoms with E-state index in [0.29, 0.717) is 34.9 Å². The molecule has 0 radical (unpaired) electrons. The zero-order valence-corrected chi connectivity index (χ0v) is 28.4. The maximum Gasteiger partial charge on any atom is 0.268 e. The van der Waals surface area contributed by atoms with Crippen LogP contribution in [0.2, 0.25) is 18.6 Å². The molecule has 0 saturated carbocycles. The molecule has 6 rings (SSSR count). The number of aliphatic hydroxyl groups is 1. The fourth-order valence-electron chi connectivity index (χ4n) is 7.55. The van der Waals surface area contributed by atoms with E-state index in [1.807, 2.05) is 129 Å². The van der Waals surface area contributed by atoms with Crippen molar-refractivity contribution in [2.45, 2.75) is 50.2 Å². The summed E-state index contributed by atoms with van der Waals surface area (Å²) in [4.78, 5) is 57.9. The number of anilines is 4. The molecule has 1 fully saturated rings. The van der Waals surface area contributed by atoms with Crippen molar-refractivity contribution in [3.63, 3.8) is 0 Å². The number of carbonyl (C=O) groups excluding carboxylic acids is 3. The minimum atomic E-state index is -3.07. The first kappa shape index (κ1) is 33.3. The molecular formula is C38H41N3O6Si.